The predicted molar refractivity (Wildman–Crippen MR) is 79.2 cm³/mol. The molecule has 0 unspecified atom stereocenters. The fourth-order valence-electron chi connectivity index (χ4n) is 2.13. The quantitative estimate of drug-likeness (QED) is 0.798. The van der Waals surface area contributed by atoms with Crippen LogP contribution in [0.2, 0.25) is 0 Å². The fourth-order valence-corrected chi connectivity index (χ4v) is 2.73. The van der Waals surface area contributed by atoms with Crippen molar-refractivity contribution in [3.8, 4) is 10.7 Å². The van der Waals surface area contributed by atoms with E-state index in [4.69, 9.17) is 0 Å². The van der Waals surface area contributed by atoms with E-state index in [1.807, 2.05) is 30.5 Å². The summed E-state index contributed by atoms with van der Waals surface area (Å²) in [7, 11) is 0. The lowest BCUT2D eigenvalue weighted by Crippen LogP contribution is -2.00. The van der Waals surface area contributed by atoms with Crippen LogP contribution in [0.1, 0.15) is 22.8 Å². The first-order valence-corrected chi connectivity index (χ1v) is 7.14. The van der Waals surface area contributed by atoms with Crippen LogP contribution in [0.15, 0.2) is 35.8 Å². The second-order valence-electron chi connectivity index (χ2n) is 4.40. The molecule has 1 aromatic carbocycles. The van der Waals surface area contributed by atoms with Crippen molar-refractivity contribution in [1.29, 1.82) is 0 Å². The summed E-state index contributed by atoms with van der Waals surface area (Å²) >= 11 is 1.45. The minimum Gasteiger partial charge on any atom is -0.478 e. The lowest BCUT2D eigenvalue weighted by molar-refractivity contribution is 0.0699. The number of rotatable bonds is 3. The highest BCUT2D eigenvalue weighted by molar-refractivity contribution is 7.13. The molecule has 0 bridgehead atoms. The maximum absolute atomic E-state index is 11.5. The van der Waals surface area contributed by atoms with E-state index < -0.39 is 5.97 Å². The normalized spacial score (nSPS) is 10.8. The first-order valence-electron chi connectivity index (χ1n) is 6.26. The number of thiazole rings is 1. The van der Waals surface area contributed by atoms with E-state index in [0.717, 1.165) is 17.0 Å². The first kappa shape index (κ1) is 12.7. The predicted octanol–water partition coefficient (Wildman–Crippen LogP) is 3.62. The maximum atomic E-state index is 11.5. The molecule has 5 heteroatoms. The summed E-state index contributed by atoms with van der Waals surface area (Å²) in [5, 5.41) is 12.7. The number of benzene rings is 1. The van der Waals surface area contributed by atoms with Crippen LogP contribution in [-0.4, -0.2) is 21.0 Å². The number of aromatic carboxylic acids is 1. The molecule has 0 fully saturated rings. The van der Waals surface area contributed by atoms with E-state index in [1.54, 1.807) is 12.3 Å². The number of fused-ring (bicyclic) bond motifs is 1. The van der Waals surface area contributed by atoms with E-state index in [9.17, 15) is 9.90 Å². The van der Waals surface area contributed by atoms with Gasteiger partial charge in [0, 0.05) is 17.0 Å². The van der Waals surface area contributed by atoms with Gasteiger partial charge in [0.15, 0.2) is 0 Å². The second kappa shape index (κ2) is 5.02. The molecule has 20 heavy (non-hydrogen) atoms. The Morgan fingerprint density at radius 1 is 1.35 bits per heavy atom. The van der Waals surface area contributed by atoms with Crippen molar-refractivity contribution in [2.75, 3.05) is 0 Å². The number of aryl methyl sites for hydroxylation is 1. The minimum absolute atomic E-state index is 0.274. The summed E-state index contributed by atoms with van der Waals surface area (Å²) < 4.78 is 0. The average molecular weight is 284 g/mol. The molecule has 0 aliphatic carbocycles. The van der Waals surface area contributed by atoms with Gasteiger partial charge in [0.2, 0.25) is 0 Å². The van der Waals surface area contributed by atoms with E-state index >= 15 is 0 Å². The van der Waals surface area contributed by atoms with Gasteiger partial charge in [0.1, 0.15) is 10.7 Å². The second-order valence-corrected chi connectivity index (χ2v) is 5.30. The first-order chi connectivity index (χ1) is 9.69. The monoisotopic (exact) mass is 284 g/mol. The number of pyridine rings is 1. The standard InChI is InChI=1S/C15H12N2O2S/c1-2-9-3-4-12-10(7-9)11(15(18)19)8-13(17-12)14-16-5-6-20-14/h3-8H,2H2,1H3,(H,18,19). The summed E-state index contributed by atoms with van der Waals surface area (Å²) in [6, 6.07) is 7.35. The van der Waals surface area contributed by atoms with Gasteiger partial charge >= 0.3 is 5.97 Å². The van der Waals surface area contributed by atoms with E-state index in [2.05, 4.69) is 9.97 Å². The Morgan fingerprint density at radius 3 is 2.85 bits per heavy atom. The summed E-state index contributed by atoms with van der Waals surface area (Å²) in [5.74, 6) is -0.941. The van der Waals surface area contributed by atoms with Crippen LogP contribution < -0.4 is 0 Å². The number of carboxylic acids is 1. The molecule has 0 atom stereocenters. The fraction of sp³-hybridized carbons (Fsp3) is 0.133. The van der Waals surface area contributed by atoms with Crippen molar-refractivity contribution in [3.05, 3.63) is 47.0 Å². The molecule has 0 amide bonds. The van der Waals surface area contributed by atoms with Crippen LogP contribution in [0.3, 0.4) is 0 Å². The molecule has 3 rings (SSSR count). The molecule has 0 saturated heterocycles. The molecule has 0 spiro atoms. The van der Waals surface area contributed by atoms with Crippen molar-refractivity contribution in [2.45, 2.75) is 13.3 Å². The van der Waals surface area contributed by atoms with Gasteiger partial charge in [-0.25, -0.2) is 14.8 Å². The molecule has 0 aliphatic heterocycles. The Kier molecular flexibility index (Phi) is 3.20. The molecule has 0 aliphatic rings. The Labute approximate surface area is 119 Å². The van der Waals surface area contributed by atoms with Crippen LogP contribution in [0.25, 0.3) is 21.6 Å². The van der Waals surface area contributed by atoms with E-state index in [1.165, 1.54) is 11.3 Å². The number of nitrogens with zero attached hydrogens (tertiary/aromatic N) is 2. The molecular weight excluding hydrogens is 272 g/mol. The summed E-state index contributed by atoms with van der Waals surface area (Å²) in [6.07, 6.45) is 2.55. The third kappa shape index (κ3) is 2.16. The SMILES string of the molecule is CCc1ccc2nc(-c3nccs3)cc(C(=O)O)c2c1. The number of carboxylic acid groups (broad SMARTS) is 1. The van der Waals surface area contributed by atoms with Crippen molar-refractivity contribution in [3.63, 3.8) is 0 Å². The van der Waals surface area contributed by atoms with Crippen LogP contribution >= 0.6 is 11.3 Å². The van der Waals surface area contributed by atoms with Gasteiger partial charge < -0.3 is 5.11 Å². The maximum Gasteiger partial charge on any atom is 0.336 e. The van der Waals surface area contributed by atoms with Gasteiger partial charge in [-0.1, -0.05) is 13.0 Å². The van der Waals surface area contributed by atoms with Crippen molar-refractivity contribution < 1.29 is 9.90 Å². The van der Waals surface area contributed by atoms with Crippen LogP contribution in [0, 0.1) is 0 Å². The average Bonchev–Trinajstić information content (AvgIpc) is 2.99. The van der Waals surface area contributed by atoms with Gasteiger partial charge in [0.05, 0.1) is 11.1 Å². The lowest BCUT2D eigenvalue weighted by atomic mass is 10.0. The molecule has 100 valence electrons. The Balaban J connectivity index is 2.30. The van der Waals surface area contributed by atoms with Gasteiger partial charge in [0.25, 0.3) is 0 Å². The molecule has 0 radical (unpaired) electrons. The molecule has 3 aromatic rings. The van der Waals surface area contributed by atoms with Gasteiger partial charge in [-0.2, -0.15) is 0 Å². The summed E-state index contributed by atoms with van der Waals surface area (Å²) in [4.78, 5) is 20.2. The summed E-state index contributed by atoms with van der Waals surface area (Å²) in [5.41, 5.74) is 2.67. The van der Waals surface area contributed by atoms with Crippen LogP contribution in [0.4, 0.5) is 0 Å². The third-order valence-corrected chi connectivity index (χ3v) is 3.96. The van der Waals surface area contributed by atoms with Crippen molar-refractivity contribution in [2.24, 2.45) is 0 Å². The number of hydrogen-bond donors (Lipinski definition) is 1. The van der Waals surface area contributed by atoms with Gasteiger partial charge in [-0.15, -0.1) is 11.3 Å². The molecular formula is C15H12N2O2S. The highest BCUT2D eigenvalue weighted by Crippen LogP contribution is 2.27. The molecule has 4 nitrogen and oxygen atoms in total. The van der Waals surface area contributed by atoms with Gasteiger partial charge in [-0.05, 0) is 30.2 Å². The molecule has 2 aromatic heterocycles. The minimum atomic E-state index is -0.941. The molecule has 1 N–H and O–H groups in total. The zero-order chi connectivity index (χ0) is 14.1. The number of hydrogen-bond acceptors (Lipinski definition) is 4. The number of carbonyl (C=O) groups is 1. The Bertz CT molecular complexity index is 782. The lowest BCUT2D eigenvalue weighted by Gasteiger charge is -2.07. The van der Waals surface area contributed by atoms with Crippen molar-refractivity contribution in [1.82, 2.24) is 9.97 Å². The van der Waals surface area contributed by atoms with Gasteiger partial charge in [-0.3, -0.25) is 0 Å². The largest absolute Gasteiger partial charge is 0.478 e. The summed E-state index contributed by atoms with van der Waals surface area (Å²) in [6.45, 7) is 2.04. The van der Waals surface area contributed by atoms with Crippen LogP contribution in [-0.2, 0) is 6.42 Å². The van der Waals surface area contributed by atoms with Crippen molar-refractivity contribution >= 4 is 28.2 Å². The highest BCUT2D eigenvalue weighted by atomic mass is 32.1. The van der Waals surface area contributed by atoms with E-state index in [-0.39, 0.29) is 5.56 Å². The highest BCUT2D eigenvalue weighted by Gasteiger charge is 2.14. The topological polar surface area (TPSA) is 63.1 Å². The molecule has 0 saturated carbocycles. The zero-order valence-electron chi connectivity index (χ0n) is 10.8. The third-order valence-electron chi connectivity index (χ3n) is 3.16. The van der Waals surface area contributed by atoms with Crippen LogP contribution in [0.5, 0.6) is 0 Å². The Hall–Kier alpha value is -2.27. The number of aromatic nitrogens is 2. The molecule has 2 heterocycles. The van der Waals surface area contributed by atoms with E-state index in [0.29, 0.717) is 16.6 Å². The Morgan fingerprint density at radius 2 is 2.20 bits per heavy atom. The zero-order valence-corrected chi connectivity index (χ0v) is 11.6. The smallest absolute Gasteiger partial charge is 0.336 e.